The van der Waals surface area contributed by atoms with Crippen molar-refractivity contribution in [3.8, 4) is 0 Å². The molecule has 5 atom stereocenters. The zero-order chi connectivity index (χ0) is 28.0. The van der Waals surface area contributed by atoms with Gasteiger partial charge in [-0.15, -0.1) is 0 Å². The average molecular weight is 518 g/mol. The van der Waals surface area contributed by atoms with Gasteiger partial charge in [0.15, 0.2) is 12.0 Å². The number of hydrogen-bond acceptors (Lipinski definition) is 8. The second-order valence-corrected chi connectivity index (χ2v) is 8.80. The van der Waals surface area contributed by atoms with Crippen molar-refractivity contribution in [2.45, 2.75) is 83.1 Å². The van der Waals surface area contributed by atoms with Crippen LogP contribution < -0.4 is 33.2 Å². The van der Waals surface area contributed by atoms with Crippen LogP contribution in [0.2, 0.25) is 0 Å². The van der Waals surface area contributed by atoms with Crippen LogP contribution in [0.5, 0.6) is 0 Å². The molecule has 0 aromatic carbocycles. The van der Waals surface area contributed by atoms with Crippen LogP contribution in [-0.4, -0.2) is 87.8 Å². The molecule has 0 saturated carbocycles. The smallest absolute Gasteiger partial charge is 0.328 e. The van der Waals surface area contributed by atoms with Crippen molar-refractivity contribution in [2.24, 2.45) is 28.1 Å². The van der Waals surface area contributed by atoms with E-state index in [0.717, 1.165) is 0 Å². The molecule has 0 aliphatic carbocycles. The normalized spacial score (nSPS) is 15.1. The monoisotopic (exact) mass is 517 g/mol. The fourth-order valence-electron chi connectivity index (χ4n) is 3.12. The van der Waals surface area contributed by atoms with E-state index in [1.54, 1.807) is 0 Å². The summed E-state index contributed by atoms with van der Waals surface area (Å²) in [6.07, 6.45) is -1.68. The van der Waals surface area contributed by atoms with Crippen LogP contribution in [0.4, 0.5) is 0 Å². The first-order valence-electron chi connectivity index (χ1n) is 11.5. The highest BCUT2D eigenvalue weighted by molar-refractivity contribution is 5.94. The van der Waals surface area contributed by atoms with Gasteiger partial charge in [0.2, 0.25) is 17.7 Å². The number of aliphatic carboxylic acids is 2. The fourth-order valence-corrected chi connectivity index (χ4v) is 3.12. The Labute approximate surface area is 209 Å². The summed E-state index contributed by atoms with van der Waals surface area (Å²) in [6, 6.07) is -5.22. The number of nitrogens with one attached hydrogen (secondary N) is 3. The molecule has 15 heteroatoms. The molecule has 12 N–H and O–H groups in total. The third-order valence-corrected chi connectivity index (χ3v) is 4.97. The number of aliphatic hydroxyl groups excluding tert-OH is 1. The number of carbonyl (C=O) groups is 5. The molecular weight excluding hydrogens is 478 g/mol. The largest absolute Gasteiger partial charge is 0.481 e. The Balaban J connectivity index is 5.68. The number of nitrogens with two attached hydrogens (primary N) is 3. The van der Waals surface area contributed by atoms with E-state index in [2.05, 4.69) is 20.9 Å². The highest BCUT2D eigenvalue weighted by atomic mass is 16.4. The number of hydrogen-bond donors (Lipinski definition) is 9. The molecule has 5 unspecified atom stereocenters. The maximum absolute atomic E-state index is 13.0. The van der Waals surface area contributed by atoms with Crippen molar-refractivity contribution in [3.05, 3.63) is 0 Å². The van der Waals surface area contributed by atoms with Crippen LogP contribution in [0.15, 0.2) is 4.99 Å². The minimum Gasteiger partial charge on any atom is -0.481 e. The molecule has 0 aliphatic rings. The lowest BCUT2D eigenvalue weighted by molar-refractivity contribution is -0.145. The number of aliphatic hydroxyl groups is 1. The zero-order valence-electron chi connectivity index (χ0n) is 20.8. The van der Waals surface area contributed by atoms with Crippen molar-refractivity contribution in [1.29, 1.82) is 0 Å². The standard InChI is InChI=1S/C21H39N7O8/c1-10(2)9-12(22)17(32)26-14(6-7-15(30)31)18(33)27-13(5-4-8-25-21(23)24)19(34)28-16(11(3)29)20(35)36/h10-14,16,29H,4-9,22H2,1-3H3,(H,26,32)(H,27,33)(H,28,34)(H,30,31)(H,35,36)(H4,23,24,25). The quantitative estimate of drug-likeness (QED) is 0.0539. The highest BCUT2D eigenvalue weighted by Crippen LogP contribution is 2.07. The van der Waals surface area contributed by atoms with E-state index in [4.69, 9.17) is 22.3 Å². The van der Waals surface area contributed by atoms with Crippen LogP contribution in [0, 0.1) is 5.92 Å². The van der Waals surface area contributed by atoms with Gasteiger partial charge in [0.1, 0.15) is 12.1 Å². The van der Waals surface area contributed by atoms with Gasteiger partial charge in [0.05, 0.1) is 12.1 Å². The van der Waals surface area contributed by atoms with Gasteiger partial charge in [-0.25, -0.2) is 4.79 Å². The third kappa shape index (κ3) is 13.4. The molecule has 0 spiro atoms. The molecule has 0 heterocycles. The number of guanidine groups is 1. The lowest BCUT2D eigenvalue weighted by Gasteiger charge is -2.25. The maximum atomic E-state index is 13.0. The number of amides is 3. The maximum Gasteiger partial charge on any atom is 0.328 e. The molecule has 0 radical (unpaired) electrons. The van der Waals surface area contributed by atoms with Gasteiger partial charge in [-0.05, 0) is 38.5 Å². The summed E-state index contributed by atoms with van der Waals surface area (Å²) < 4.78 is 0. The molecular formula is C21H39N7O8. The SMILES string of the molecule is CC(C)CC(N)C(=O)NC(CCC(=O)O)C(=O)NC(CCCN=C(N)N)C(=O)NC(C(=O)O)C(C)O. The molecule has 0 rings (SSSR count). The van der Waals surface area contributed by atoms with Crippen LogP contribution in [0.25, 0.3) is 0 Å². The Kier molecular flexibility index (Phi) is 14.7. The van der Waals surface area contributed by atoms with Crippen LogP contribution in [0.1, 0.15) is 52.9 Å². The summed E-state index contributed by atoms with van der Waals surface area (Å²) in [6.45, 7) is 4.98. The van der Waals surface area contributed by atoms with Gasteiger partial charge < -0.3 is 48.5 Å². The van der Waals surface area contributed by atoms with Gasteiger partial charge in [-0.2, -0.15) is 0 Å². The summed E-state index contributed by atoms with van der Waals surface area (Å²) in [5.41, 5.74) is 16.4. The molecule has 0 aliphatic heterocycles. The number of carboxylic acid groups (broad SMARTS) is 2. The first-order valence-corrected chi connectivity index (χ1v) is 11.5. The predicted octanol–water partition coefficient (Wildman–Crippen LogP) is -2.80. The number of rotatable bonds is 17. The highest BCUT2D eigenvalue weighted by Gasteiger charge is 2.32. The molecule has 0 aromatic rings. The van der Waals surface area contributed by atoms with E-state index in [-0.39, 0.29) is 37.7 Å². The number of carboxylic acids is 2. The van der Waals surface area contributed by atoms with Gasteiger partial charge in [0, 0.05) is 13.0 Å². The lowest BCUT2D eigenvalue weighted by atomic mass is 10.0. The summed E-state index contributed by atoms with van der Waals surface area (Å²) >= 11 is 0. The van der Waals surface area contributed by atoms with E-state index in [9.17, 15) is 34.2 Å². The number of nitrogens with zero attached hydrogens (tertiary/aromatic N) is 1. The van der Waals surface area contributed by atoms with Gasteiger partial charge in [0.25, 0.3) is 0 Å². The van der Waals surface area contributed by atoms with E-state index < -0.39 is 66.4 Å². The fraction of sp³-hybridized carbons (Fsp3) is 0.714. The Morgan fingerprint density at radius 2 is 1.39 bits per heavy atom. The summed E-state index contributed by atoms with van der Waals surface area (Å²) in [7, 11) is 0. The number of carbonyl (C=O) groups excluding carboxylic acids is 3. The van der Waals surface area contributed by atoms with E-state index in [1.165, 1.54) is 6.92 Å². The molecule has 206 valence electrons. The molecule has 0 fully saturated rings. The molecule has 15 nitrogen and oxygen atoms in total. The van der Waals surface area contributed by atoms with Crippen molar-refractivity contribution in [3.63, 3.8) is 0 Å². The Hall–Kier alpha value is -3.46. The summed E-state index contributed by atoms with van der Waals surface area (Å²) in [5, 5.41) is 34.9. The van der Waals surface area contributed by atoms with E-state index in [0.29, 0.717) is 6.42 Å². The van der Waals surface area contributed by atoms with Crippen molar-refractivity contribution < 1.29 is 39.3 Å². The summed E-state index contributed by atoms with van der Waals surface area (Å²) in [5.74, 6) is -5.24. The number of aliphatic imine (C=N–C) groups is 1. The second kappa shape index (κ2) is 16.3. The molecule has 0 saturated heterocycles. The van der Waals surface area contributed by atoms with Gasteiger partial charge in [-0.1, -0.05) is 13.8 Å². The Morgan fingerprint density at radius 1 is 0.861 bits per heavy atom. The van der Waals surface area contributed by atoms with E-state index >= 15 is 0 Å². The molecule has 36 heavy (non-hydrogen) atoms. The van der Waals surface area contributed by atoms with Gasteiger partial charge >= 0.3 is 11.9 Å². The van der Waals surface area contributed by atoms with Crippen molar-refractivity contribution in [2.75, 3.05) is 6.54 Å². The summed E-state index contributed by atoms with van der Waals surface area (Å²) in [4.78, 5) is 64.4. The first kappa shape index (κ1) is 32.5. The minimum atomic E-state index is -1.65. The third-order valence-electron chi connectivity index (χ3n) is 4.97. The molecule has 0 aromatic heterocycles. The van der Waals surface area contributed by atoms with Gasteiger partial charge in [-0.3, -0.25) is 24.2 Å². The topological polar surface area (TPSA) is 273 Å². The first-order chi connectivity index (χ1) is 16.6. The predicted molar refractivity (Wildman–Crippen MR) is 129 cm³/mol. The minimum absolute atomic E-state index is 0.0348. The lowest BCUT2D eigenvalue weighted by Crippen LogP contribution is -2.58. The van der Waals surface area contributed by atoms with Crippen molar-refractivity contribution >= 4 is 35.6 Å². The average Bonchev–Trinajstić information content (AvgIpc) is 2.75. The van der Waals surface area contributed by atoms with Crippen LogP contribution >= 0.6 is 0 Å². The second-order valence-electron chi connectivity index (χ2n) is 8.80. The van der Waals surface area contributed by atoms with Crippen LogP contribution in [-0.2, 0) is 24.0 Å². The Bertz CT molecular complexity index is 799. The molecule has 3 amide bonds. The Morgan fingerprint density at radius 3 is 1.86 bits per heavy atom. The van der Waals surface area contributed by atoms with E-state index in [1.807, 2.05) is 13.8 Å². The van der Waals surface area contributed by atoms with Crippen molar-refractivity contribution in [1.82, 2.24) is 16.0 Å². The zero-order valence-corrected chi connectivity index (χ0v) is 20.8. The molecule has 0 bridgehead atoms. The van der Waals surface area contributed by atoms with Crippen LogP contribution in [0.3, 0.4) is 0 Å².